The molecule has 2 N–H and O–H groups in total. The van der Waals surface area contributed by atoms with Gasteiger partial charge in [0.05, 0.1) is 13.2 Å². The molecule has 138 valence electrons. The number of hydrogen-bond donors (Lipinski definition) is 2. The molecular weight excluding hydrogens is 330 g/mol. The fraction of sp³-hybridized carbons (Fsp3) is 0.333. The van der Waals surface area contributed by atoms with E-state index < -0.39 is 11.9 Å². The number of Topliss-reactive ketones (excluding diaryl/α,β-unsaturated/α-hetero) is 1. The first kappa shape index (κ1) is 19.7. The zero-order chi connectivity index (χ0) is 18.8. The summed E-state index contributed by atoms with van der Waals surface area (Å²) in [6, 6.07) is 17.8. The van der Waals surface area contributed by atoms with Crippen LogP contribution in [-0.4, -0.2) is 30.0 Å². The van der Waals surface area contributed by atoms with Gasteiger partial charge < -0.3 is 15.2 Å². The van der Waals surface area contributed by atoms with Crippen LogP contribution in [0.3, 0.4) is 0 Å². The van der Waals surface area contributed by atoms with Crippen molar-refractivity contribution < 1.29 is 19.4 Å². The molecule has 0 saturated heterocycles. The van der Waals surface area contributed by atoms with Gasteiger partial charge in [-0.05, 0) is 43.0 Å². The SMILES string of the molecule is CC(=O)C(CCc1ccc(NCCOCc2ccccc2)cc1)C(=O)O. The van der Waals surface area contributed by atoms with E-state index in [2.05, 4.69) is 5.32 Å². The number of ketones is 1. The van der Waals surface area contributed by atoms with Crippen LogP contribution in [0.15, 0.2) is 54.6 Å². The van der Waals surface area contributed by atoms with Gasteiger partial charge in [-0.15, -0.1) is 0 Å². The number of ether oxygens (including phenoxy) is 1. The Kier molecular flexibility index (Phi) is 7.83. The lowest BCUT2D eigenvalue weighted by Gasteiger charge is -2.10. The van der Waals surface area contributed by atoms with Crippen molar-refractivity contribution in [1.82, 2.24) is 0 Å². The van der Waals surface area contributed by atoms with Crippen molar-refractivity contribution >= 4 is 17.4 Å². The van der Waals surface area contributed by atoms with E-state index in [9.17, 15) is 9.59 Å². The summed E-state index contributed by atoms with van der Waals surface area (Å²) in [5.41, 5.74) is 3.16. The Bertz CT molecular complexity index is 684. The number of carboxylic acids is 1. The van der Waals surface area contributed by atoms with Crippen LogP contribution in [0.5, 0.6) is 0 Å². The molecule has 1 atom stereocenters. The molecule has 0 saturated carbocycles. The maximum atomic E-state index is 11.3. The highest BCUT2D eigenvalue weighted by molar-refractivity contribution is 5.96. The lowest BCUT2D eigenvalue weighted by Crippen LogP contribution is -2.22. The quantitative estimate of drug-likeness (QED) is 0.476. The predicted octanol–water partition coefficient (Wildman–Crippen LogP) is 3.54. The summed E-state index contributed by atoms with van der Waals surface area (Å²) in [4.78, 5) is 22.4. The molecular formula is C21H25NO4. The Morgan fingerprint density at radius 2 is 1.73 bits per heavy atom. The molecule has 26 heavy (non-hydrogen) atoms. The molecule has 5 nitrogen and oxygen atoms in total. The molecule has 0 aliphatic rings. The lowest BCUT2D eigenvalue weighted by atomic mass is 9.96. The molecule has 0 spiro atoms. The number of aliphatic carboxylic acids is 1. The fourth-order valence-electron chi connectivity index (χ4n) is 2.63. The summed E-state index contributed by atoms with van der Waals surface area (Å²) in [5.74, 6) is -2.27. The molecule has 2 aromatic rings. The smallest absolute Gasteiger partial charge is 0.314 e. The van der Waals surface area contributed by atoms with Crippen molar-refractivity contribution in [2.24, 2.45) is 5.92 Å². The van der Waals surface area contributed by atoms with E-state index in [1.54, 1.807) is 0 Å². The number of hydrogen-bond acceptors (Lipinski definition) is 4. The van der Waals surface area contributed by atoms with Crippen LogP contribution < -0.4 is 5.32 Å². The minimum Gasteiger partial charge on any atom is -0.481 e. The highest BCUT2D eigenvalue weighted by atomic mass is 16.5. The van der Waals surface area contributed by atoms with Gasteiger partial charge in [-0.2, -0.15) is 0 Å². The molecule has 0 radical (unpaired) electrons. The van der Waals surface area contributed by atoms with Crippen molar-refractivity contribution in [3.8, 4) is 0 Å². The number of rotatable bonds is 11. The van der Waals surface area contributed by atoms with Crippen LogP contribution >= 0.6 is 0 Å². The average molecular weight is 355 g/mol. The van der Waals surface area contributed by atoms with Gasteiger partial charge in [0.25, 0.3) is 0 Å². The van der Waals surface area contributed by atoms with Gasteiger partial charge >= 0.3 is 5.97 Å². The largest absolute Gasteiger partial charge is 0.481 e. The molecule has 0 aliphatic heterocycles. The van der Waals surface area contributed by atoms with E-state index >= 15 is 0 Å². The summed E-state index contributed by atoms with van der Waals surface area (Å²) < 4.78 is 5.62. The average Bonchev–Trinajstić information content (AvgIpc) is 2.63. The van der Waals surface area contributed by atoms with Crippen molar-refractivity contribution in [2.75, 3.05) is 18.5 Å². The van der Waals surface area contributed by atoms with Gasteiger partial charge in [0.2, 0.25) is 0 Å². The van der Waals surface area contributed by atoms with Gasteiger partial charge in [0.1, 0.15) is 11.7 Å². The first-order valence-electron chi connectivity index (χ1n) is 8.74. The maximum absolute atomic E-state index is 11.3. The van der Waals surface area contributed by atoms with Crippen molar-refractivity contribution in [1.29, 1.82) is 0 Å². The second-order valence-electron chi connectivity index (χ2n) is 6.20. The third kappa shape index (κ3) is 6.69. The number of nitrogens with one attached hydrogen (secondary N) is 1. The number of carboxylic acid groups (broad SMARTS) is 1. The third-order valence-electron chi connectivity index (χ3n) is 4.15. The molecule has 5 heteroatoms. The molecule has 0 amide bonds. The van der Waals surface area contributed by atoms with Gasteiger partial charge in [0, 0.05) is 12.2 Å². The van der Waals surface area contributed by atoms with Crippen LogP contribution in [0.25, 0.3) is 0 Å². The minimum absolute atomic E-state index is 0.300. The van der Waals surface area contributed by atoms with E-state index in [1.165, 1.54) is 6.92 Å². The van der Waals surface area contributed by atoms with Crippen LogP contribution in [0.2, 0.25) is 0 Å². The molecule has 2 aromatic carbocycles. The molecule has 0 bridgehead atoms. The Hall–Kier alpha value is -2.66. The summed E-state index contributed by atoms with van der Waals surface area (Å²) in [6.45, 7) is 3.24. The molecule has 2 rings (SSSR count). The normalized spacial score (nSPS) is 11.7. The van der Waals surface area contributed by atoms with Crippen molar-refractivity contribution in [2.45, 2.75) is 26.4 Å². The standard InChI is InChI=1S/C21H25NO4/c1-16(23)20(21(24)25)12-9-17-7-10-19(11-8-17)22-13-14-26-15-18-5-3-2-4-6-18/h2-8,10-11,20,22H,9,12-15H2,1H3,(H,24,25). The van der Waals surface area contributed by atoms with E-state index in [-0.39, 0.29) is 5.78 Å². The van der Waals surface area contributed by atoms with E-state index in [4.69, 9.17) is 9.84 Å². The summed E-state index contributed by atoms with van der Waals surface area (Å²) in [5, 5.41) is 12.3. The Morgan fingerprint density at radius 1 is 1.04 bits per heavy atom. The van der Waals surface area contributed by atoms with Gasteiger partial charge in [-0.1, -0.05) is 42.5 Å². The summed E-state index contributed by atoms with van der Waals surface area (Å²) >= 11 is 0. The topological polar surface area (TPSA) is 75.6 Å². The molecule has 0 heterocycles. The fourth-order valence-corrected chi connectivity index (χ4v) is 2.63. The Morgan fingerprint density at radius 3 is 2.35 bits per heavy atom. The maximum Gasteiger partial charge on any atom is 0.314 e. The molecule has 0 fully saturated rings. The number of anilines is 1. The number of carbonyl (C=O) groups is 2. The van der Waals surface area contributed by atoms with Gasteiger partial charge in [-0.3, -0.25) is 9.59 Å². The number of benzene rings is 2. The number of aryl methyl sites for hydroxylation is 1. The second-order valence-corrected chi connectivity index (χ2v) is 6.20. The first-order chi connectivity index (χ1) is 12.6. The first-order valence-corrected chi connectivity index (χ1v) is 8.74. The lowest BCUT2D eigenvalue weighted by molar-refractivity contribution is -0.145. The van der Waals surface area contributed by atoms with Crippen LogP contribution in [0, 0.1) is 5.92 Å². The summed E-state index contributed by atoms with van der Waals surface area (Å²) in [7, 11) is 0. The zero-order valence-corrected chi connectivity index (χ0v) is 15.0. The van der Waals surface area contributed by atoms with Crippen LogP contribution in [0.1, 0.15) is 24.5 Å². The minimum atomic E-state index is -1.05. The monoisotopic (exact) mass is 355 g/mol. The predicted molar refractivity (Wildman–Crippen MR) is 101 cm³/mol. The Labute approximate surface area is 154 Å². The van der Waals surface area contributed by atoms with Gasteiger partial charge in [-0.25, -0.2) is 0 Å². The van der Waals surface area contributed by atoms with E-state index in [1.807, 2.05) is 54.6 Å². The molecule has 1 unspecified atom stereocenters. The molecule has 0 aromatic heterocycles. The third-order valence-corrected chi connectivity index (χ3v) is 4.15. The Balaban J connectivity index is 1.68. The zero-order valence-electron chi connectivity index (χ0n) is 15.0. The second kappa shape index (κ2) is 10.4. The number of carbonyl (C=O) groups excluding carboxylic acids is 1. The summed E-state index contributed by atoms with van der Waals surface area (Å²) in [6.07, 6.45) is 0.891. The van der Waals surface area contributed by atoms with Crippen molar-refractivity contribution in [3.63, 3.8) is 0 Å². The van der Waals surface area contributed by atoms with Crippen LogP contribution in [0.4, 0.5) is 5.69 Å². The van der Waals surface area contributed by atoms with E-state index in [0.717, 1.165) is 16.8 Å². The van der Waals surface area contributed by atoms with Gasteiger partial charge in [0.15, 0.2) is 0 Å². The van der Waals surface area contributed by atoms with Crippen LogP contribution in [-0.2, 0) is 27.4 Å². The molecule has 0 aliphatic carbocycles. The highest BCUT2D eigenvalue weighted by Crippen LogP contribution is 2.14. The highest BCUT2D eigenvalue weighted by Gasteiger charge is 2.21. The van der Waals surface area contributed by atoms with Crippen molar-refractivity contribution in [3.05, 3.63) is 65.7 Å². The van der Waals surface area contributed by atoms with E-state index in [0.29, 0.717) is 32.6 Å².